The summed E-state index contributed by atoms with van der Waals surface area (Å²) < 4.78 is 0. The number of aromatic nitrogens is 2. The first-order valence-corrected chi connectivity index (χ1v) is 7.66. The Labute approximate surface area is 117 Å². The number of hydrogen-bond acceptors (Lipinski definition) is 5. The molecule has 102 valence electrons. The van der Waals surface area contributed by atoms with Gasteiger partial charge in [0, 0.05) is 24.0 Å². The summed E-state index contributed by atoms with van der Waals surface area (Å²) in [7, 11) is 2.15. The van der Waals surface area contributed by atoms with E-state index in [1.807, 2.05) is 0 Å². The van der Waals surface area contributed by atoms with Crippen LogP contribution in [0.5, 0.6) is 0 Å². The molecule has 0 atom stereocenters. The Kier molecular flexibility index (Phi) is 3.41. The summed E-state index contributed by atoms with van der Waals surface area (Å²) in [6, 6.07) is 3.14. The molecule has 0 aliphatic heterocycles. The van der Waals surface area contributed by atoms with E-state index in [1.165, 1.54) is 10.3 Å². The van der Waals surface area contributed by atoms with Gasteiger partial charge in [0.2, 0.25) is 0 Å². The highest BCUT2D eigenvalue weighted by Gasteiger charge is 2.24. The second kappa shape index (κ2) is 5.06. The molecule has 5 heteroatoms. The molecule has 0 unspecified atom stereocenters. The second-order valence-corrected chi connectivity index (χ2v) is 6.69. The summed E-state index contributed by atoms with van der Waals surface area (Å²) in [5, 5.41) is 1.18. The van der Waals surface area contributed by atoms with E-state index in [4.69, 9.17) is 5.73 Å². The predicted molar refractivity (Wildman–Crippen MR) is 80.8 cm³/mol. The van der Waals surface area contributed by atoms with Crippen LogP contribution in [0.1, 0.15) is 30.6 Å². The van der Waals surface area contributed by atoms with Crippen molar-refractivity contribution in [1.29, 1.82) is 0 Å². The minimum Gasteiger partial charge on any atom is -0.356 e. The van der Waals surface area contributed by atoms with E-state index < -0.39 is 0 Å². The molecule has 2 N–H and O–H groups in total. The molecule has 1 aliphatic rings. The van der Waals surface area contributed by atoms with Gasteiger partial charge in [-0.2, -0.15) is 0 Å². The number of nitrogens with zero attached hydrogens (tertiary/aromatic N) is 3. The molecular weight excluding hydrogens is 256 g/mol. The van der Waals surface area contributed by atoms with Gasteiger partial charge in [-0.15, -0.1) is 11.3 Å². The highest BCUT2D eigenvalue weighted by atomic mass is 32.1. The Morgan fingerprint density at radius 2 is 2.00 bits per heavy atom. The average Bonchev–Trinajstić information content (AvgIpc) is 2.78. The largest absolute Gasteiger partial charge is 0.356 e. The van der Waals surface area contributed by atoms with Crippen LogP contribution in [0.4, 0.5) is 5.82 Å². The van der Waals surface area contributed by atoms with Gasteiger partial charge in [0.1, 0.15) is 17.0 Å². The number of thiophene rings is 1. The van der Waals surface area contributed by atoms with Crippen LogP contribution in [0.15, 0.2) is 12.4 Å². The molecule has 1 aliphatic carbocycles. The molecule has 4 nitrogen and oxygen atoms in total. The molecule has 0 spiro atoms. The quantitative estimate of drug-likeness (QED) is 0.916. The average molecular weight is 276 g/mol. The fourth-order valence-electron chi connectivity index (χ4n) is 2.91. The summed E-state index contributed by atoms with van der Waals surface area (Å²) in [6.07, 6.45) is 6.23. The van der Waals surface area contributed by atoms with Crippen LogP contribution < -0.4 is 10.6 Å². The molecular formula is C14H20N4S. The molecule has 3 rings (SSSR count). The van der Waals surface area contributed by atoms with Crippen LogP contribution in [0, 0.1) is 6.92 Å². The fourth-order valence-corrected chi connectivity index (χ4v) is 3.75. The zero-order valence-electron chi connectivity index (χ0n) is 11.5. The highest BCUT2D eigenvalue weighted by molar-refractivity contribution is 7.18. The lowest BCUT2D eigenvalue weighted by Crippen LogP contribution is -2.39. The maximum atomic E-state index is 5.99. The van der Waals surface area contributed by atoms with Crippen LogP contribution in [0.2, 0.25) is 0 Å². The van der Waals surface area contributed by atoms with Gasteiger partial charge < -0.3 is 10.6 Å². The lowest BCUT2D eigenvalue weighted by molar-refractivity contribution is 0.384. The van der Waals surface area contributed by atoms with Gasteiger partial charge in [0.05, 0.1) is 5.39 Å². The summed E-state index contributed by atoms with van der Waals surface area (Å²) in [5.41, 5.74) is 5.99. The molecule has 1 fully saturated rings. The smallest absolute Gasteiger partial charge is 0.140 e. The molecule has 0 bridgehead atoms. The maximum absolute atomic E-state index is 5.99. The second-order valence-electron chi connectivity index (χ2n) is 5.45. The van der Waals surface area contributed by atoms with E-state index in [2.05, 4.69) is 34.9 Å². The van der Waals surface area contributed by atoms with Gasteiger partial charge in [-0.25, -0.2) is 9.97 Å². The number of hydrogen-bond donors (Lipinski definition) is 1. The van der Waals surface area contributed by atoms with Crippen LogP contribution >= 0.6 is 11.3 Å². The van der Waals surface area contributed by atoms with Crippen LogP contribution in [0.25, 0.3) is 10.2 Å². The Morgan fingerprint density at radius 1 is 1.26 bits per heavy atom. The molecule has 0 radical (unpaired) electrons. The monoisotopic (exact) mass is 276 g/mol. The number of fused-ring (bicyclic) bond motifs is 1. The van der Waals surface area contributed by atoms with Crippen molar-refractivity contribution in [1.82, 2.24) is 9.97 Å². The van der Waals surface area contributed by atoms with Gasteiger partial charge in [-0.05, 0) is 38.7 Å². The number of anilines is 1. The SMILES string of the molecule is Cc1cc2c(N(C)C3CCC(N)CC3)ncnc2s1. The minimum absolute atomic E-state index is 0.387. The first-order valence-electron chi connectivity index (χ1n) is 6.84. The normalized spacial score (nSPS) is 23.7. The van der Waals surface area contributed by atoms with Gasteiger partial charge in [-0.3, -0.25) is 0 Å². The molecule has 2 heterocycles. The lowest BCUT2D eigenvalue weighted by Gasteiger charge is -2.34. The minimum atomic E-state index is 0.387. The molecule has 0 saturated heterocycles. The first-order chi connectivity index (χ1) is 9.15. The predicted octanol–water partition coefficient (Wildman–Crippen LogP) is 2.71. The molecule has 2 aromatic heterocycles. The molecule has 0 amide bonds. The molecule has 19 heavy (non-hydrogen) atoms. The van der Waals surface area contributed by atoms with Crippen molar-refractivity contribution >= 4 is 27.4 Å². The fraction of sp³-hybridized carbons (Fsp3) is 0.571. The number of nitrogens with two attached hydrogens (primary N) is 1. The highest BCUT2D eigenvalue weighted by Crippen LogP contribution is 2.32. The van der Waals surface area contributed by atoms with Crippen LogP contribution in [0.3, 0.4) is 0 Å². The summed E-state index contributed by atoms with van der Waals surface area (Å²) in [4.78, 5) is 13.6. The molecule has 1 saturated carbocycles. The van der Waals surface area contributed by atoms with E-state index >= 15 is 0 Å². The Balaban J connectivity index is 1.90. The third-order valence-corrected chi connectivity index (χ3v) is 5.01. The van der Waals surface area contributed by atoms with Gasteiger partial charge in [0.25, 0.3) is 0 Å². The third-order valence-electron chi connectivity index (χ3n) is 4.05. The number of aryl methyl sites for hydroxylation is 1. The Morgan fingerprint density at radius 3 is 2.74 bits per heavy atom. The van der Waals surface area contributed by atoms with Crippen molar-refractivity contribution < 1.29 is 0 Å². The maximum Gasteiger partial charge on any atom is 0.140 e. The van der Waals surface area contributed by atoms with Crippen LogP contribution in [-0.2, 0) is 0 Å². The topological polar surface area (TPSA) is 55.0 Å². The van der Waals surface area contributed by atoms with Crippen LogP contribution in [-0.4, -0.2) is 29.1 Å². The third kappa shape index (κ3) is 2.44. The van der Waals surface area contributed by atoms with E-state index in [0.717, 1.165) is 36.3 Å². The van der Waals surface area contributed by atoms with E-state index in [-0.39, 0.29) is 0 Å². The molecule has 0 aromatic carbocycles. The summed E-state index contributed by atoms with van der Waals surface area (Å²) in [6.45, 7) is 2.12. The first kappa shape index (κ1) is 12.8. The van der Waals surface area contributed by atoms with E-state index in [9.17, 15) is 0 Å². The van der Waals surface area contributed by atoms with Crippen molar-refractivity contribution in [2.75, 3.05) is 11.9 Å². The summed E-state index contributed by atoms with van der Waals surface area (Å²) in [5.74, 6) is 1.06. The Hall–Kier alpha value is -1.20. The zero-order chi connectivity index (χ0) is 13.4. The molecule has 2 aromatic rings. The van der Waals surface area contributed by atoms with Crippen molar-refractivity contribution in [2.45, 2.75) is 44.7 Å². The lowest BCUT2D eigenvalue weighted by atomic mass is 9.91. The van der Waals surface area contributed by atoms with Crippen molar-refractivity contribution in [2.24, 2.45) is 5.73 Å². The zero-order valence-corrected chi connectivity index (χ0v) is 12.3. The van der Waals surface area contributed by atoms with Crippen molar-refractivity contribution in [3.05, 3.63) is 17.3 Å². The van der Waals surface area contributed by atoms with Gasteiger partial charge >= 0.3 is 0 Å². The standard InChI is InChI=1S/C14H20N4S/c1-9-7-12-13(16-8-17-14(12)19-9)18(2)11-5-3-10(15)4-6-11/h7-8,10-11H,3-6,15H2,1-2H3. The van der Waals surface area contributed by atoms with Gasteiger partial charge in [0.15, 0.2) is 0 Å². The van der Waals surface area contributed by atoms with Crippen molar-refractivity contribution in [3.8, 4) is 0 Å². The summed E-state index contributed by atoms with van der Waals surface area (Å²) >= 11 is 1.73. The van der Waals surface area contributed by atoms with E-state index in [0.29, 0.717) is 12.1 Å². The van der Waals surface area contributed by atoms with Crippen molar-refractivity contribution in [3.63, 3.8) is 0 Å². The van der Waals surface area contributed by atoms with Gasteiger partial charge in [-0.1, -0.05) is 0 Å². The Bertz CT molecular complexity index is 572. The number of rotatable bonds is 2. The van der Waals surface area contributed by atoms with E-state index in [1.54, 1.807) is 17.7 Å².